The summed E-state index contributed by atoms with van der Waals surface area (Å²) in [7, 11) is 0. The second-order valence-electron chi connectivity index (χ2n) is 3.64. The van der Waals surface area contributed by atoms with Crippen molar-refractivity contribution >= 4 is 17.7 Å². The van der Waals surface area contributed by atoms with Gasteiger partial charge in [-0.1, -0.05) is 6.92 Å². The number of carboxylic acid groups (broad SMARTS) is 1. The number of hydrogen-bond donors (Lipinski definition) is 3. The fourth-order valence-electron chi connectivity index (χ4n) is 1.17. The van der Waals surface area contributed by atoms with E-state index >= 15 is 0 Å². The normalized spacial score (nSPS) is 12.1. The van der Waals surface area contributed by atoms with Crippen LogP contribution in [0.15, 0.2) is 4.63 Å². The topological polar surface area (TPSA) is 131 Å². The van der Waals surface area contributed by atoms with Crippen LogP contribution in [0.1, 0.15) is 30.3 Å². The predicted octanol–water partition coefficient (Wildman–Crippen LogP) is -0.117. The Bertz CT molecular complexity index is 403. The van der Waals surface area contributed by atoms with Crippen molar-refractivity contribution < 1.29 is 19.3 Å². The van der Waals surface area contributed by atoms with Crippen molar-refractivity contribution in [3.63, 3.8) is 0 Å². The number of aliphatic carboxylic acids is 1. The van der Waals surface area contributed by atoms with E-state index in [1.807, 2.05) is 0 Å². The number of rotatable bonds is 6. The molecule has 1 unspecified atom stereocenters. The first kappa shape index (κ1) is 12.9. The summed E-state index contributed by atoms with van der Waals surface area (Å²) in [4.78, 5) is 22.0. The minimum atomic E-state index is -0.846. The highest BCUT2D eigenvalue weighted by Gasteiger charge is 2.15. The molecule has 1 rings (SSSR count). The molecule has 4 N–H and O–H groups in total. The Morgan fingerprint density at radius 3 is 2.76 bits per heavy atom. The van der Waals surface area contributed by atoms with E-state index in [0.29, 0.717) is 19.4 Å². The van der Waals surface area contributed by atoms with E-state index in [9.17, 15) is 9.59 Å². The van der Waals surface area contributed by atoms with Crippen molar-refractivity contribution in [3.05, 3.63) is 5.69 Å². The summed E-state index contributed by atoms with van der Waals surface area (Å²) in [6, 6.07) is 0. The van der Waals surface area contributed by atoms with Crippen molar-refractivity contribution in [1.82, 2.24) is 15.6 Å². The number of nitrogens with one attached hydrogen (secondary N) is 1. The molecule has 1 heterocycles. The number of hydrogen-bond acceptors (Lipinski definition) is 6. The Morgan fingerprint density at radius 1 is 1.53 bits per heavy atom. The van der Waals surface area contributed by atoms with Crippen LogP contribution in [0, 0.1) is 5.92 Å². The van der Waals surface area contributed by atoms with Crippen LogP contribution in [0.2, 0.25) is 0 Å². The quantitative estimate of drug-likeness (QED) is 0.592. The molecule has 94 valence electrons. The molecule has 0 radical (unpaired) electrons. The summed E-state index contributed by atoms with van der Waals surface area (Å²) in [6.45, 7) is 1.96. The fraction of sp³-hybridized carbons (Fsp3) is 0.556. The molecular formula is C9H14N4O4. The smallest absolute Gasteiger partial charge is 0.306 e. The number of nitrogens with zero attached hydrogens (tertiary/aromatic N) is 2. The van der Waals surface area contributed by atoms with Crippen molar-refractivity contribution in [1.29, 1.82) is 0 Å². The number of carbonyl (C=O) groups is 2. The molecule has 8 nitrogen and oxygen atoms in total. The van der Waals surface area contributed by atoms with Gasteiger partial charge in [-0.2, -0.15) is 0 Å². The van der Waals surface area contributed by atoms with E-state index in [1.165, 1.54) is 0 Å². The molecule has 1 atom stereocenters. The maximum absolute atomic E-state index is 11.4. The summed E-state index contributed by atoms with van der Waals surface area (Å²) in [5, 5.41) is 17.8. The third-order valence-electron chi connectivity index (χ3n) is 2.25. The zero-order chi connectivity index (χ0) is 12.8. The van der Waals surface area contributed by atoms with E-state index in [1.54, 1.807) is 6.92 Å². The van der Waals surface area contributed by atoms with Crippen LogP contribution in [0.4, 0.5) is 5.82 Å². The summed E-state index contributed by atoms with van der Waals surface area (Å²) < 4.78 is 4.28. The van der Waals surface area contributed by atoms with Crippen LogP contribution in [0.5, 0.6) is 0 Å². The second kappa shape index (κ2) is 5.83. The van der Waals surface area contributed by atoms with Crippen molar-refractivity contribution in [2.45, 2.75) is 19.8 Å². The lowest BCUT2D eigenvalue weighted by atomic mass is 10.1. The van der Waals surface area contributed by atoms with Crippen molar-refractivity contribution in [2.24, 2.45) is 5.92 Å². The fourth-order valence-corrected chi connectivity index (χ4v) is 1.17. The van der Waals surface area contributed by atoms with Gasteiger partial charge in [0.25, 0.3) is 5.91 Å². The largest absolute Gasteiger partial charge is 0.481 e. The summed E-state index contributed by atoms with van der Waals surface area (Å²) in [6.07, 6.45) is 1.05. The molecule has 0 saturated heterocycles. The Kier molecular flexibility index (Phi) is 4.44. The lowest BCUT2D eigenvalue weighted by Gasteiger charge is -2.06. The van der Waals surface area contributed by atoms with Gasteiger partial charge in [-0.3, -0.25) is 9.59 Å². The first-order valence-corrected chi connectivity index (χ1v) is 5.11. The van der Waals surface area contributed by atoms with Gasteiger partial charge in [0, 0.05) is 6.54 Å². The van der Waals surface area contributed by atoms with Gasteiger partial charge in [0.15, 0.2) is 0 Å². The maximum atomic E-state index is 11.4. The molecule has 0 saturated carbocycles. The molecule has 0 bridgehead atoms. The van der Waals surface area contributed by atoms with Crippen LogP contribution in [0.25, 0.3) is 0 Å². The molecule has 8 heteroatoms. The van der Waals surface area contributed by atoms with Gasteiger partial charge in [-0.25, -0.2) is 4.63 Å². The second-order valence-corrected chi connectivity index (χ2v) is 3.64. The molecule has 1 amide bonds. The number of carbonyl (C=O) groups excluding carboxylic acids is 1. The first-order valence-electron chi connectivity index (χ1n) is 5.11. The van der Waals surface area contributed by atoms with E-state index in [4.69, 9.17) is 10.8 Å². The SMILES string of the molecule is CC(CCCNC(=O)c1nonc1N)C(=O)O. The summed E-state index contributed by atoms with van der Waals surface area (Å²) in [5.74, 6) is -1.82. The highest BCUT2D eigenvalue weighted by molar-refractivity contribution is 5.95. The van der Waals surface area contributed by atoms with Gasteiger partial charge in [0.05, 0.1) is 5.92 Å². The van der Waals surface area contributed by atoms with Gasteiger partial charge in [-0.15, -0.1) is 0 Å². The van der Waals surface area contributed by atoms with Crippen LogP contribution in [-0.2, 0) is 4.79 Å². The number of nitrogen functional groups attached to an aromatic ring is 1. The van der Waals surface area contributed by atoms with Gasteiger partial charge < -0.3 is 16.2 Å². The highest BCUT2D eigenvalue weighted by atomic mass is 16.6. The van der Waals surface area contributed by atoms with Crippen LogP contribution in [0.3, 0.4) is 0 Å². The predicted molar refractivity (Wildman–Crippen MR) is 57.1 cm³/mol. The van der Waals surface area contributed by atoms with Gasteiger partial charge in [0.2, 0.25) is 11.5 Å². The van der Waals surface area contributed by atoms with Crippen LogP contribution >= 0.6 is 0 Å². The minimum absolute atomic E-state index is 0.0590. The zero-order valence-corrected chi connectivity index (χ0v) is 9.34. The molecular weight excluding hydrogens is 228 g/mol. The third kappa shape index (κ3) is 3.74. The van der Waals surface area contributed by atoms with E-state index in [-0.39, 0.29) is 11.5 Å². The number of nitrogens with two attached hydrogens (primary N) is 1. The molecule has 0 aromatic carbocycles. The van der Waals surface area contributed by atoms with Gasteiger partial charge in [0.1, 0.15) is 0 Å². The average Bonchev–Trinajstić information content (AvgIpc) is 2.70. The third-order valence-corrected chi connectivity index (χ3v) is 2.25. The van der Waals surface area contributed by atoms with Gasteiger partial charge >= 0.3 is 5.97 Å². The average molecular weight is 242 g/mol. The Morgan fingerprint density at radius 2 is 2.24 bits per heavy atom. The van der Waals surface area contributed by atoms with E-state index < -0.39 is 17.8 Å². The lowest BCUT2D eigenvalue weighted by molar-refractivity contribution is -0.141. The molecule has 0 spiro atoms. The van der Waals surface area contributed by atoms with Gasteiger partial charge in [-0.05, 0) is 23.2 Å². The number of carboxylic acids is 1. The Labute approximate surface area is 97.1 Å². The highest BCUT2D eigenvalue weighted by Crippen LogP contribution is 2.06. The molecule has 0 aliphatic carbocycles. The Hall–Kier alpha value is -2.12. The molecule has 17 heavy (non-hydrogen) atoms. The van der Waals surface area contributed by atoms with Crippen LogP contribution in [-0.4, -0.2) is 33.8 Å². The minimum Gasteiger partial charge on any atom is -0.481 e. The molecule has 1 aromatic rings. The monoisotopic (exact) mass is 242 g/mol. The van der Waals surface area contributed by atoms with E-state index in [2.05, 4.69) is 20.3 Å². The molecule has 0 fully saturated rings. The zero-order valence-electron chi connectivity index (χ0n) is 9.34. The molecule has 0 aliphatic rings. The summed E-state index contributed by atoms with van der Waals surface area (Å²) >= 11 is 0. The maximum Gasteiger partial charge on any atom is 0.306 e. The molecule has 1 aromatic heterocycles. The number of anilines is 1. The summed E-state index contributed by atoms with van der Waals surface area (Å²) in [5.41, 5.74) is 5.27. The van der Waals surface area contributed by atoms with Crippen molar-refractivity contribution in [2.75, 3.05) is 12.3 Å². The number of amides is 1. The Balaban J connectivity index is 2.26. The van der Waals surface area contributed by atoms with Crippen molar-refractivity contribution in [3.8, 4) is 0 Å². The molecule has 0 aliphatic heterocycles. The first-order chi connectivity index (χ1) is 8.02. The van der Waals surface area contributed by atoms with E-state index in [0.717, 1.165) is 0 Å². The van der Waals surface area contributed by atoms with Crippen LogP contribution < -0.4 is 11.1 Å². The standard InChI is InChI=1S/C9H14N4O4/c1-5(9(15)16)3-2-4-11-8(14)6-7(10)13-17-12-6/h5H,2-4H2,1H3,(H2,10,13)(H,11,14)(H,15,16). The number of aromatic nitrogens is 2. The lowest BCUT2D eigenvalue weighted by Crippen LogP contribution is -2.26.